The second kappa shape index (κ2) is 4.82. The molecule has 0 radical (unpaired) electrons. The molecule has 20 heavy (non-hydrogen) atoms. The molecule has 1 N–H and O–H groups in total. The van der Waals surface area contributed by atoms with Crippen molar-refractivity contribution >= 4 is 12.1 Å². The summed E-state index contributed by atoms with van der Waals surface area (Å²) < 4.78 is 44.4. The third kappa shape index (κ3) is 3.16. The second-order valence-electron chi connectivity index (χ2n) is 5.96. The highest BCUT2D eigenvalue weighted by Crippen LogP contribution is 2.42. The number of hydrogen-bond acceptors (Lipinski definition) is 3. The van der Waals surface area contributed by atoms with Crippen LogP contribution in [-0.4, -0.2) is 45.4 Å². The number of carbonyl (C=O) groups excluding carboxylic acids is 1. The van der Waals surface area contributed by atoms with Crippen LogP contribution in [0.2, 0.25) is 0 Å². The maximum atomic E-state index is 13.2. The quantitative estimate of drug-likeness (QED) is 0.870. The van der Waals surface area contributed by atoms with Gasteiger partial charge in [0.1, 0.15) is 5.60 Å². The molecule has 1 fully saturated rings. The number of hydrogen-bond donors (Lipinski definition) is 1. The van der Waals surface area contributed by atoms with Gasteiger partial charge in [0, 0.05) is 6.04 Å². The molecule has 8 heteroatoms. The Morgan fingerprint density at radius 3 is 1.85 bits per heavy atom. The lowest BCUT2D eigenvalue weighted by atomic mass is 9.99. The van der Waals surface area contributed by atoms with Crippen LogP contribution in [0.25, 0.3) is 0 Å². The molecule has 1 atom stereocenters. The minimum Gasteiger partial charge on any atom is -0.479 e. The summed E-state index contributed by atoms with van der Waals surface area (Å²) in [5, 5.41) is 8.99. The van der Waals surface area contributed by atoms with Gasteiger partial charge in [-0.2, -0.15) is 13.2 Å². The van der Waals surface area contributed by atoms with Gasteiger partial charge in [0.2, 0.25) is 5.54 Å². The number of carboxylic acid groups (broad SMARTS) is 1. The van der Waals surface area contributed by atoms with Crippen molar-refractivity contribution in [2.24, 2.45) is 0 Å². The lowest BCUT2D eigenvalue weighted by Crippen LogP contribution is -2.65. The van der Waals surface area contributed by atoms with E-state index in [-0.39, 0.29) is 0 Å². The van der Waals surface area contributed by atoms with Gasteiger partial charge in [-0.3, -0.25) is 4.90 Å². The van der Waals surface area contributed by atoms with Crippen LogP contribution in [0.4, 0.5) is 18.0 Å². The van der Waals surface area contributed by atoms with Crippen molar-refractivity contribution in [3.05, 3.63) is 0 Å². The second-order valence-corrected chi connectivity index (χ2v) is 5.96. The van der Waals surface area contributed by atoms with Crippen molar-refractivity contribution in [2.45, 2.75) is 63.9 Å². The predicted octanol–water partition coefficient (Wildman–Crippen LogP) is 2.79. The number of halogens is 3. The van der Waals surface area contributed by atoms with Crippen molar-refractivity contribution in [1.29, 1.82) is 0 Å². The molecule has 0 spiro atoms. The molecule has 1 saturated carbocycles. The van der Waals surface area contributed by atoms with E-state index in [1.54, 1.807) is 0 Å². The molecule has 1 aliphatic rings. The van der Waals surface area contributed by atoms with E-state index in [0.717, 1.165) is 0 Å². The highest BCUT2D eigenvalue weighted by atomic mass is 19.4. The number of rotatable bonds is 3. The molecule has 0 aromatic rings. The summed E-state index contributed by atoms with van der Waals surface area (Å²) >= 11 is 0. The topological polar surface area (TPSA) is 66.8 Å². The van der Waals surface area contributed by atoms with Crippen LogP contribution in [-0.2, 0) is 9.53 Å². The predicted molar refractivity (Wildman–Crippen MR) is 63.2 cm³/mol. The molecule has 0 bridgehead atoms. The Balaban J connectivity index is 3.18. The van der Waals surface area contributed by atoms with E-state index in [1.807, 2.05) is 0 Å². The van der Waals surface area contributed by atoms with E-state index >= 15 is 0 Å². The monoisotopic (exact) mass is 297 g/mol. The molecule has 0 aliphatic heterocycles. The Morgan fingerprint density at radius 1 is 1.15 bits per heavy atom. The maximum Gasteiger partial charge on any atom is 0.422 e. The number of amides is 1. The minimum atomic E-state index is -5.10. The lowest BCUT2D eigenvalue weighted by molar-refractivity contribution is -0.230. The van der Waals surface area contributed by atoms with Crippen molar-refractivity contribution in [1.82, 2.24) is 4.90 Å². The molecule has 0 heterocycles. The standard InChI is InChI=1S/C12H18F3NO4/c1-10(2,3)20-9(19)16(7-5-6-7)11(4,8(17)18)12(13,14)15/h7H,5-6H2,1-4H3,(H,17,18). The summed E-state index contributed by atoms with van der Waals surface area (Å²) in [5.74, 6) is -2.12. The van der Waals surface area contributed by atoms with Crippen LogP contribution in [0.3, 0.4) is 0 Å². The van der Waals surface area contributed by atoms with E-state index in [4.69, 9.17) is 9.84 Å². The lowest BCUT2D eigenvalue weighted by Gasteiger charge is -2.39. The van der Waals surface area contributed by atoms with Gasteiger partial charge >= 0.3 is 18.2 Å². The van der Waals surface area contributed by atoms with Gasteiger partial charge in [-0.1, -0.05) is 0 Å². The Labute approximate surface area is 114 Å². The van der Waals surface area contributed by atoms with Crippen LogP contribution in [0, 0.1) is 0 Å². The molecular formula is C12H18F3NO4. The van der Waals surface area contributed by atoms with E-state index in [0.29, 0.717) is 24.7 Å². The van der Waals surface area contributed by atoms with Crippen LogP contribution in [0.1, 0.15) is 40.5 Å². The Kier molecular flexibility index (Phi) is 4.00. The molecule has 0 aromatic carbocycles. The van der Waals surface area contributed by atoms with Crippen LogP contribution >= 0.6 is 0 Å². The number of nitrogens with zero attached hydrogens (tertiary/aromatic N) is 1. The van der Waals surface area contributed by atoms with Gasteiger partial charge in [-0.25, -0.2) is 9.59 Å². The Morgan fingerprint density at radius 2 is 1.60 bits per heavy atom. The number of ether oxygens (including phenoxy) is 1. The highest BCUT2D eigenvalue weighted by molar-refractivity contribution is 5.85. The van der Waals surface area contributed by atoms with Gasteiger partial charge in [-0.05, 0) is 40.5 Å². The molecule has 116 valence electrons. The fourth-order valence-corrected chi connectivity index (χ4v) is 1.70. The van der Waals surface area contributed by atoms with Crippen LogP contribution in [0.15, 0.2) is 0 Å². The average molecular weight is 297 g/mol. The number of carboxylic acids is 1. The minimum absolute atomic E-state index is 0.306. The summed E-state index contributed by atoms with van der Waals surface area (Å²) in [7, 11) is 0. The van der Waals surface area contributed by atoms with Crippen LogP contribution in [0.5, 0.6) is 0 Å². The zero-order valence-electron chi connectivity index (χ0n) is 11.7. The Bertz CT molecular complexity index is 412. The fourth-order valence-electron chi connectivity index (χ4n) is 1.70. The average Bonchev–Trinajstić information content (AvgIpc) is 2.96. The molecule has 0 saturated heterocycles. The van der Waals surface area contributed by atoms with Crippen molar-refractivity contribution in [3.8, 4) is 0 Å². The summed E-state index contributed by atoms with van der Waals surface area (Å²) in [6, 6.07) is -0.757. The van der Waals surface area contributed by atoms with Gasteiger partial charge in [0.25, 0.3) is 0 Å². The van der Waals surface area contributed by atoms with E-state index in [2.05, 4.69) is 0 Å². The van der Waals surface area contributed by atoms with Crippen molar-refractivity contribution < 1.29 is 32.6 Å². The molecule has 1 unspecified atom stereocenters. The van der Waals surface area contributed by atoms with Gasteiger partial charge in [0.05, 0.1) is 0 Å². The third-order valence-electron chi connectivity index (χ3n) is 2.95. The summed E-state index contributed by atoms with van der Waals surface area (Å²) in [6.07, 6.45) is -5.70. The van der Waals surface area contributed by atoms with Crippen molar-refractivity contribution in [2.75, 3.05) is 0 Å². The normalized spacial score (nSPS) is 19.1. The molecule has 1 amide bonds. The van der Waals surface area contributed by atoms with Crippen LogP contribution < -0.4 is 0 Å². The van der Waals surface area contributed by atoms with E-state index in [1.165, 1.54) is 20.8 Å². The first kappa shape index (κ1) is 16.6. The first-order chi connectivity index (χ1) is 8.80. The van der Waals surface area contributed by atoms with Crippen molar-refractivity contribution in [3.63, 3.8) is 0 Å². The van der Waals surface area contributed by atoms with E-state index < -0.39 is 35.4 Å². The molecular weight excluding hydrogens is 279 g/mol. The SMILES string of the molecule is CC(C)(C)OC(=O)N(C1CC1)C(C)(C(=O)O)C(F)(F)F. The first-order valence-electron chi connectivity index (χ1n) is 6.13. The highest BCUT2D eigenvalue weighted by Gasteiger charge is 2.65. The summed E-state index contributed by atoms with van der Waals surface area (Å²) in [5.41, 5.74) is -4.30. The maximum absolute atomic E-state index is 13.2. The first-order valence-corrected chi connectivity index (χ1v) is 6.13. The van der Waals surface area contributed by atoms with Gasteiger partial charge < -0.3 is 9.84 Å². The smallest absolute Gasteiger partial charge is 0.422 e. The number of carbonyl (C=O) groups is 2. The fraction of sp³-hybridized carbons (Fsp3) is 0.833. The van der Waals surface area contributed by atoms with Gasteiger partial charge in [0.15, 0.2) is 0 Å². The molecule has 5 nitrogen and oxygen atoms in total. The van der Waals surface area contributed by atoms with Gasteiger partial charge in [-0.15, -0.1) is 0 Å². The molecule has 1 rings (SSSR count). The Hall–Kier alpha value is -1.47. The zero-order chi connectivity index (χ0) is 15.9. The van der Waals surface area contributed by atoms with E-state index in [9.17, 15) is 22.8 Å². The number of alkyl halides is 3. The summed E-state index contributed by atoms with van der Waals surface area (Å²) in [6.45, 7) is 4.99. The molecule has 1 aliphatic carbocycles. The summed E-state index contributed by atoms with van der Waals surface area (Å²) in [4.78, 5) is 23.4. The zero-order valence-corrected chi connectivity index (χ0v) is 11.7. The molecule has 0 aromatic heterocycles. The number of aliphatic carboxylic acids is 1. The largest absolute Gasteiger partial charge is 0.479 e. The third-order valence-corrected chi connectivity index (χ3v) is 2.95.